The largest absolute Gasteiger partial charge is 0.433 e. The predicted octanol–water partition coefficient (Wildman–Crippen LogP) is 4.67. The molecule has 0 aliphatic rings. The number of furan rings is 1. The lowest BCUT2D eigenvalue weighted by atomic mass is 10.2. The van der Waals surface area contributed by atoms with Gasteiger partial charge in [0.25, 0.3) is 11.8 Å². The molecule has 1 heterocycles. The summed E-state index contributed by atoms with van der Waals surface area (Å²) < 4.78 is 5.78. The Morgan fingerprint density at radius 1 is 1.10 bits per heavy atom. The second-order valence-corrected chi connectivity index (χ2v) is 7.19. The molecule has 9 heteroatoms. The molecule has 0 bridgehead atoms. The lowest BCUT2D eigenvalue weighted by molar-refractivity contribution is -0.402. The van der Waals surface area contributed by atoms with Crippen molar-refractivity contribution in [1.29, 1.82) is 0 Å². The Labute approximate surface area is 179 Å². The van der Waals surface area contributed by atoms with Crippen molar-refractivity contribution in [2.45, 2.75) is 6.92 Å². The highest BCUT2D eigenvalue weighted by Gasteiger charge is 2.18. The molecule has 152 valence electrons. The third-order valence-corrected chi connectivity index (χ3v) is 4.46. The molecule has 0 aliphatic carbocycles. The second-order valence-electron chi connectivity index (χ2n) is 6.28. The zero-order chi connectivity index (χ0) is 21.7. The molecule has 30 heavy (non-hydrogen) atoms. The standard InChI is InChI=1S/C21H16BrN3O5/c1-13-5-7-16(8-6-13)23-21(27)18(12-17-9-10-19(30-17)25(28)29)24-20(26)14-3-2-4-15(22)11-14/h2-12H,1H3,(H,23,27)(H,24,26)/b18-12-. The molecule has 0 fully saturated rings. The van der Waals surface area contributed by atoms with Gasteiger partial charge in [-0.25, -0.2) is 0 Å². The van der Waals surface area contributed by atoms with Crippen LogP contribution >= 0.6 is 15.9 Å². The van der Waals surface area contributed by atoms with E-state index < -0.39 is 22.6 Å². The molecule has 0 aliphatic heterocycles. The summed E-state index contributed by atoms with van der Waals surface area (Å²) in [5.74, 6) is -1.56. The average molecular weight is 470 g/mol. The highest BCUT2D eigenvalue weighted by Crippen LogP contribution is 2.19. The molecule has 3 rings (SSSR count). The minimum atomic E-state index is -0.691. The van der Waals surface area contributed by atoms with Crippen LogP contribution < -0.4 is 10.6 Å². The summed E-state index contributed by atoms with van der Waals surface area (Å²) >= 11 is 3.29. The minimum absolute atomic E-state index is 0.0466. The number of carbonyl (C=O) groups is 2. The van der Waals surface area contributed by atoms with Crippen molar-refractivity contribution >= 4 is 45.4 Å². The van der Waals surface area contributed by atoms with Gasteiger partial charge in [-0.3, -0.25) is 19.7 Å². The van der Waals surface area contributed by atoms with Crippen LogP contribution in [0.15, 0.2) is 75.3 Å². The Balaban J connectivity index is 1.89. The quantitative estimate of drug-likeness (QED) is 0.309. The maximum atomic E-state index is 12.8. The molecule has 2 amide bonds. The molecular weight excluding hydrogens is 454 g/mol. The van der Waals surface area contributed by atoms with E-state index in [9.17, 15) is 19.7 Å². The van der Waals surface area contributed by atoms with Crippen molar-refractivity contribution in [3.8, 4) is 0 Å². The fourth-order valence-corrected chi connectivity index (χ4v) is 2.88. The van der Waals surface area contributed by atoms with E-state index >= 15 is 0 Å². The number of anilines is 1. The molecule has 0 saturated carbocycles. The van der Waals surface area contributed by atoms with Crippen LogP contribution in [-0.4, -0.2) is 16.7 Å². The van der Waals surface area contributed by atoms with Gasteiger partial charge >= 0.3 is 5.88 Å². The van der Waals surface area contributed by atoms with E-state index in [-0.39, 0.29) is 11.5 Å². The Morgan fingerprint density at radius 3 is 2.47 bits per heavy atom. The van der Waals surface area contributed by atoms with Crippen LogP contribution in [0.4, 0.5) is 11.6 Å². The van der Waals surface area contributed by atoms with Gasteiger partial charge in [0, 0.05) is 21.8 Å². The zero-order valence-corrected chi connectivity index (χ0v) is 17.3. The van der Waals surface area contributed by atoms with Crippen molar-refractivity contribution in [3.05, 3.63) is 97.8 Å². The van der Waals surface area contributed by atoms with Crippen LogP contribution in [0.1, 0.15) is 21.7 Å². The average Bonchev–Trinajstić information content (AvgIpc) is 3.18. The smallest absolute Gasteiger partial charge is 0.401 e. The van der Waals surface area contributed by atoms with Gasteiger partial charge in [0.15, 0.2) is 0 Å². The highest BCUT2D eigenvalue weighted by molar-refractivity contribution is 9.10. The van der Waals surface area contributed by atoms with Crippen LogP contribution in [0.5, 0.6) is 0 Å². The van der Waals surface area contributed by atoms with E-state index in [4.69, 9.17) is 4.42 Å². The molecule has 0 atom stereocenters. The third-order valence-electron chi connectivity index (χ3n) is 3.97. The molecule has 3 aromatic rings. The molecule has 0 radical (unpaired) electrons. The number of hydrogen-bond donors (Lipinski definition) is 2. The Hall–Kier alpha value is -3.72. The number of nitrogens with zero attached hydrogens (tertiary/aromatic N) is 1. The summed E-state index contributed by atoms with van der Waals surface area (Å²) in [6.45, 7) is 1.92. The SMILES string of the molecule is Cc1ccc(NC(=O)/C(=C/c2ccc([N+](=O)[O-])o2)NC(=O)c2cccc(Br)c2)cc1. The van der Waals surface area contributed by atoms with Gasteiger partial charge in [-0.2, -0.15) is 0 Å². The summed E-state index contributed by atoms with van der Waals surface area (Å²) in [7, 11) is 0. The topological polar surface area (TPSA) is 114 Å². The van der Waals surface area contributed by atoms with Gasteiger partial charge in [0.2, 0.25) is 0 Å². The van der Waals surface area contributed by atoms with Crippen molar-refractivity contribution < 1.29 is 18.9 Å². The number of aryl methyl sites for hydroxylation is 1. The van der Waals surface area contributed by atoms with Gasteiger partial charge in [-0.05, 0) is 43.3 Å². The summed E-state index contributed by atoms with van der Waals surface area (Å²) in [4.78, 5) is 35.6. The number of nitro groups is 1. The Morgan fingerprint density at radius 2 is 1.83 bits per heavy atom. The number of nitrogens with one attached hydrogen (secondary N) is 2. The lowest BCUT2D eigenvalue weighted by Gasteiger charge is -2.11. The first kappa shape index (κ1) is 21.0. The number of amides is 2. The fraction of sp³-hybridized carbons (Fsp3) is 0.0476. The molecular formula is C21H16BrN3O5. The first-order valence-electron chi connectivity index (χ1n) is 8.73. The monoisotopic (exact) mass is 469 g/mol. The lowest BCUT2D eigenvalue weighted by Crippen LogP contribution is -2.30. The van der Waals surface area contributed by atoms with Crippen molar-refractivity contribution in [1.82, 2.24) is 5.32 Å². The predicted molar refractivity (Wildman–Crippen MR) is 115 cm³/mol. The molecule has 0 saturated heterocycles. The normalized spacial score (nSPS) is 11.1. The number of halogens is 1. The van der Waals surface area contributed by atoms with Gasteiger partial charge in [0.1, 0.15) is 16.4 Å². The zero-order valence-electron chi connectivity index (χ0n) is 15.7. The fourth-order valence-electron chi connectivity index (χ4n) is 2.48. The van der Waals surface area contributed by atoms with E-state index in [1.165, 1.54) is 12.1 Å². The third kappa shape index (κ3) is 5.42. The Kier molecular flexibility index (Phi) is 6.43. The van der Waals surface area contributed by atoms with E-state index in [0.29, 0.717) is 15.7 Å². The van der Waals surface area contributed by atoms with Crippen molar-refractivity contribution in [2.24, 2.45) is 0 Å². The summed E-state index contributed by atoms with van der Waals surface area (Å²) in [6, 6.07) is 16.2. The molecule has 8 nitrogen and oxygen atoms in total. The van der Waals surface area contributed by atoms with E-state index in [1.807, 2.05) is 19.1 Å². The summed E-state index contributed by atoms with van der Waals surface area (Å²) in [5, 5.41) is 16.1. The van der Waals surface area contributed by atoms with E-state index in [1.54, 1.807) is 36.4 Å². The number of carbonyl (C=O) groups excluding carboxylic acids is 2. The summed E-state index contributed by atoms with van der Waals surface area (Å²) in [6.07, 6.45) is 1.23. The van der Waals surface area contributed by atoms with Crippen molar-refractivity contribution in [3.63, 3.8) is 0 Å². The molecule has 1 aromatic heterocycles. The van der Waals surface area contributed by atoms with Gasteiger partial charge < -0.3 is 15.1 Å². The first-order chi connectivity index (χ1) is 14.3. The van der Waals surface area contributed by atoms with Crippen LogP contribution in [0.3, 0.4) is 0 Å². The summed E-state index contributed by atoms with van der Waals surface area (Å²) in [5.41, 5.74) is 1.74. The second kappa shape index (κ2) is 9.19. The maximum Gasteiger partial charge on any atom is 0.433 e. The van der Waals surface area contributed by atoms with Gasteiger partial charge in [-0.15, -0.1) is 0 Å². The minimum Gasteiger partial charge on any atom is -0.401 e. The first-order valence-corrected chi connectivity index (χ1v) is 9.52. The maximum absolute atomic E-state index is 12.8. The Bertz CT molecular complexity index is 1140. The number of rotatable bonds is 6. The molecule has 0 spiro atoms. The number of hydrogen-bond acceptors (Lipinski definition) is 5. The van der Waals surface area contributed by atoms with Crippen LogP contribution in [0.2, 0.25) is 0 Å². The highest BCUT2D eigenvalue weighted by atomic mass is 79.9. The van der Waals surface area contributed by atoms with Crippen LogP contribution in [0, 0.1) is 17.0 Å². The molecule has 2 N–H and O–H groups in total. The van der Waals surface area contributed by atoms with Crippen molar-refractivity contribution in [2.75, 3.05) is 5.32 Å². The van der Waals surface area contributed by atoms with Crippen LogP contribution in [-0.2, 0) is 4.79 Å². The van der Waals surface area contributed by atoms with E-state index in [2.05, 4.69) is 26.6 Å². The van der Waals surface area contributed by atoms with Gasteiger partial charge in [-0.1, -0.05) is 39.7 Å². The van der Waals surface area contributed by atoms with Crippen LogP contribution in [0.25, 0.3) is 6.08 Å². The molecule has 2 aromatic carbocycles. The number of benzene rings is 2. The van der Waals surface area contributed by atoms with E-state index in [0.717, 1.165) is 11.6 Å². The van der Waals surface area contributed by atoms with Gasteiger partial charge in [0.05, 0.1) is 6.07 Å². The molecule has 0 unspecified atom stereocenters.